The molecule has 0 aromatic rings. The van der Waals surface area contributed by atoms with E-state index >= 15 is 0 Å². The number of rotatable bonds is 14. The van der Waals surface area contributed by atoms with Gasteiger partial charge in [-0.25, -0.2) is 0 Å². The maximum absolute atomic E-state index is 14.4. The minimum atomic E-state index is -7.91. The first-order valence-electron chi connectivity index (χ1n) is 9.45. The summed E-state index contributed by atoms with van der Waals surface area (Å²) >= 11 is 0. The predicted octanol–water partition coefficient (Wildman–Crippen LogP) is 6.82. The van der Waals surface area contributed by atoms with Crippen LogP contribution in [0, 0.1) is 0 Å². The third-order valence-electron chi connectivity index (χ3n) is 4.35. The van der Waals surface area contributed by atoms with E-state index in [0.29, 0.717) is 0 Å². The molecule has 0 aromatic heterocycles. The zero-order valence-corrected chi connectivity index (χ0v) is 20.7. The van der Waals surface area contributed by atoms with Gasteiger partial charge in [-0.2, -0.15) is 57.1 Å². The third kappa shape index (κ3) is 7.00. The Hall–Kier alpha value is -0.596. The Labute approximate surface area is 189 Å². The molecule has 0 spiro atoms. The van der Waals surface area contributed by atoms with Crippen molar-refractivity contribution in [3.63, 3.8) is 0 Å². The monoisotopic (exact) mass is 568 g/mol. The largest absolute Gasteiger partial charge is 0.460 e. The Balaban J connectivity index is 6.20. The van der Waals surface area contributed by atoms with E-state index in [1.807, 2.05) is 0 Å². The van der Waals surface area contributed by atoms with Gasteiger partial charge in [-0.3, -0.25) is 0 Å². The van der Waals surface area contributed by atoms with Crippen molar-refractivity contribution in [2.75, 3.05) is 26.9 Å². The molecular formula is C16H25F13O3Si2. The van der Waals surface area contributed by atoms with Gasteiger partial charge in [0.2, 0.25) is 0 Å². The van der Waals surface area contributed by atoms with Crippen LogP contribution in [0.2, 0.25) is 38.3 Å². The summed E-state index contributed by atoms with van der Waals surface area (Å²) in [5.41, 5.74) is 0. The molecule has 0 aliphatic rings. The summed E-state index contributed by atoms with van der Waals surface area (Å²) < 4.78 is 189. The smallest absolute Gasteiger partial charge is 0.455 e. The fraction of sp³-hybridized carbons (Fsp3) is 1.00. The Morgan fingerprint density at radius 2 is 1.03 bits per heavy atom. The number of methoxy groups -OCH3 is 1. The van der Waals surface area contributed by atoms with E-state index in [9.17, 15) is 57.1 Å². The van der Waals surface area contributed by atoms with Gasteiger partial charge in [0, 0.05) is 19.8 Å². The van der Waals surface area contributed by atoms with E-state index in [-0.39, 0.29) is 13.2 Å². The lowest BCUT2D eigenvalue weighted by Gasteiger charge is -2.42. The second kappa shape index (κ2) is 10.4. The molecule has 0 heterocycles. The Morgan fingerprint density at radius 3 is 1.41 bits per heavy atom. The minimum absolute atomic E-state index is 0.0378. The van der Waals surface area contributed by atoms with Crippen molar-refractivity contribution in [3.05, 3.63) is 0 Å². The van der Waals surface area contributed by atoms with Crippen LogP contribution < -0.4 is 0 Å². The van der Waals surface area contributed by atoms with E-state index in [0.717, 1.165) is 6.55 Å². The van der Waals surface area contributed by atoms with Crippen molar-refractivity contribution < 1.29 is 70.7 Å². The van der Waals surface area contributed by atoms with Crippen molar-refractivity contribution >= 4 is 16.6 Å². The van der Waals surface area contributed by atoms with Crippen LogP contribution in [0.15, 0.2) is 0 Å². The number of alkyl halides is 13. The number of ether oxygens (including phenoxy) is 2. The van der Waals surface area contributed by atoms with Crippen molar-refractivity contribution in [3.8, 4) is 0 Å². The molecule has 0 saturated heterocycles. The molecule has 206 valence electrons. The van der Waals surface area contributed by atoms with Gasteiger partial charge in [-0.1, -0.05) is 0 Å². The van der Waals surface area contributed by atoms with Crippen LogP contribution in [0.3, 0.4) is 0 Å². The fourth-order valence-corrected chi connectivity index (χ4v) is 11.4. The van der Waals surface area contributed by atoms with Gasteiger partial charge in [0.25, 0.3) is 0 Å². The van der Waals surface area contributed by atoms with Gasteiger partial charge in [0.1, 0.15) is 0 Å². The highest BCUT2D eigenvalue weighted by Gasteiger charge is 2.90. The van der Waals surface area contributed by atoms with Gasteiger partial charge < -0.3 is 13.6 Å². The summed E-state index contributed by atoms with van der Waals surface area (Å²) in [5, 5.41) is 0. The molecule has 0 saturated carbocycles. The first-order chi connectivity index (χ1) is 14.7. The molecule has 18 heteroatoms. The van der Waals surface area contributed by atoms with E-state index < -0.39 is 71.1 Å². The van der Waals surface area contributed by atoms with Gasteiger partial charge >= 0.3 is 35.8 Å². The molecule has 0 rings (SSSR count). The van der Waals surface area contributed by atoms with E-state index in [1.54, 1.807) is 0 Å². The number of halogens is 13. The maximum atomic E-state index is 14.4. The second-order valence-electron chi connectivity index (χ2n) is 8.70. The summed E-state index contributed by atoms with van der Waals surface area (Å²) in [7, 11) is -5.81. The van der Waals surface area contributed by atoms with Crippen LogP contribution >= 0.6 is 0 Å². The van der Waals surface area contributed by atoms with Crippen LogP contribution in [0.25, 0.3) is 0 Å². The molecule has 0 aliphatic carbocycles. The summed E-state index contributed by atoms with van der Waals surface area (Å²) in [6, 6.07) is -2.82. The topological polar surface area (TPSA) is 27.7 Å². The zero-order chi connectivity index (χ0) is 27.7. The lowest BCUT2D eigenvalue weighted by Crippen LogP contribution is -2.70. The van der Waals surface area contributed by atoms with Crippen LogP contribution in [0.1, 0.15) is 0 Å². The fourth-order valence-electron chi connectivity index (χ4n) is 2.83. The highest BCUT2D eigenvalue weighted by molar-refractivity contribution is 6.85. The molecule has 3 nitrogen and oxygen atoms in total. The summed E-state index contributed by atoms with van der Waals surface area (Å²) in [5.74, 6) is -36.9. The average molecular weight is 569 g/mol. The molecule has 0 aliphatic heterocycles. The standard InChI is InChI=1S/C16H25F13O3Si2/c1-30-6-7-31-8-9-34(5,32-33(2,3)4)10-11(17,18)12(19,20)13(21,22)14(23,24)15(25,26)16(27,28)29/h6-10H2,1-5H3. The molecule has 0 fully saturated rings. The van der Waals surface area contributed by atoms with Crippen molar-refractivity contribution in [2.24, 2.45) is 0 Å². The van der Waals surface area contributed by atoms with Gasteiger partial charge in [0.05, 0.1) is 13.2 Å². The van der Waals surface area contributed by atoms with E-state index in [1.165, 1.54) is 26.8 Å². The first-order valence-corrected chi connectivity index (χ1v) is 15.7. The SMILES string of the molecule is COCCOCC[Si](C)(CC(F)(F)C(F)(F)C(F)(F)C(F)(F)C(F)(F)C(F)(F)F)O[Si](C)(C)C. The zero-order valence-electron chi connectivity index (χ0n) is 18.7. The molecule has 0 bridgehead atoms. The average Bonchev–Trinajstić information content (AvgIpc) is 2.57. The van der Waals surface area contributed by atoms with Gasteiger partial charge in [-0.15, -0.1) is 0 Å². The molecule has 0 aromatic carbocycles. The quantitative estimate of drug-likeness (QED) is 0.131. The Kier molecular flexibility index (Phi) is 10.2. The Bertz CT molecular complexity index is 666. The maximum Gasteiger partial charge on any atom is 0.460 e. The van der Waals surface area contributed by atoms with Crippen LogP contribution in [0.4, 0.5) is 57.1 Å². The lowest BCUT2D eigenvalue weighted by molar-refractivity contribution is -0.438. The number of hydrogen-bond acceptors (Lipinski definition) is 3. The molecule has 0 amide bonds. The van der Waals surface area contributed by atoms with Crippen molar-refractivity contribution in [1.29, 1.82) is 0 Å². The normalized spacial score (nSPS) is 17.1. The summed E-state index contributed by atoms with van der Waals surface area (Å²) in [6.45, 7) is 4.65. The van der Waals surface area contributed by atoms with Gasteiger partial charge in [0.15, 0.2) is 16.6 Å². The second-order valence-corrected chi connectivity index (χ2v) is 17.5. The first kappa shape index (κ1) is 33.4. The molecular weight excluding hydrogens is 543 g/mol. The molecule has 0 radical (unpaired) electrons. The van der Waals surface area contributed by atoms with Crippen LogP contribution in [0.5, 0.6) is 0 Å². The van der Waals surface area contributed by atoms with Crippen molar-refractivity contribution in [1.82, 2.24) is 0 Å². The third-order valence-corrected chi connectivity index (χ3v) is 11.2. The highest BCUT2D eigenvalue weighted by atomic mass is 28.4. The molecule has 0 N–H and O–H groups in total. The summed E-state index contributed by atoms with van der Waals surface area (Å²) in [6.07, 6.45) is -7.44. The number of hydrogen-bond donors (Lipinski definition) is 0. The Morgan fingerprint density at radius 1 is 0.588 bits per heavy atom. The molecule has 1 atom stereocenters. The molecule has 34 heavy (non-hydrogen) atoms. The van der Waals surface area contributed by atoms with E-state index in [2.05, 4.69) is 4.74 Å². The van der Waals surface area contributed by atoms with Gasteiger partial charge in [-0.05, 0) is 32.2 Å². The minimum Gasteiger partial charge on any atom is -0.455 e. The predicted molar refractivity (Wildman–Crippen MR) is 99.1 cm³/mol. The lowest BCUT2D eigenvalue weighted by atomic mass is 9.94. The van der Waals surface area contributed by atoms with E-state index in [4.69, 9.17) is 8.85 Å². The van der Waals surface area contributed by atoms with Crippen LogP contribution in [-0.2, 0) is 13.6 Å². The highest BCUT2D eigenvalue weighted by Crippen LogP contribution is 2.61. The van der Waals surface area contributed by atoms with Crippen molar-refractivity contribution in [2.45, 2.75) is 74.1 Å². The van der Waals surface area contributed by atoms with Crippen LogP contribution in [-0.4, -0.2) is 79.4 Å². The summed E-state index contributed by atoms with van der Waals surface area (Å²) in [4.78, 5) is 0. The molecule has 1 unspecified atom stereocenters.